The van der Waals surface area contributed by atoms with Crippen LogP contribution in [0.2, 0.25) is 0 Å². The van der Waals surface area contributed by atoms with Crippen molar-refractivity contribution in [2.24, 2.45) is 0 Å². The first kappa shape index (κ1) is 16.1. The molecule has 0 bridgehead atoms. The van der Waals surface area contributed by atoms with Gasteiger partial charge < -0.3 is 10.6 Å². The Balaban J connectivity index is 1.93. The van der Waals surface area contributed by atoms with Crippen molar-refractivity contribution in [3.05, 3.63) is 82.9 Å². The molecule has 2 N–H and O–H groups in total. The van der Waals surface area contributed by atoms with E-state index in [1.54, 1.807) is 0 Å². The van der Waals surface area contributed by atoms with Crippen LogP contribution in [-0.2, 0) is 0 Å². The summed E-state index contributed by atoms with van der Waals surface area (Å²) >= 11 is 0. The molecule has 0 fully saturated rings. The molecule has 3 aromatic rings. The van der Waals surface area contributed by atoms with Gasteiger partial charge in [-0.3, -0.25) is 0 Å². The fourth-order valence-corrected chi connectivity index (χ4v) is 2.73. The van der Waals surface area contributed by atoms with E-state index in [0.717, 1.165) is 22.7 Å². The first-order valence-electron chi connectivity index (χ1n) is 8.30. The Morgan fingerprint density at radius 3 is 1.33 bits per heavy atom. The molecule has 0 aliphatic rings. The lowest BCUT2D eigenvalue weighted by atomic mass is 10.1. The highest BCUT2D eigenvalue weighted by Gasteiger charge is 2.06. The zero-order valence-electron chi connectivity index (χ0n) is 14.8. The third-order valence-electron chi connectivity index (χ3n) is 4.25. The topological polar surface area (TPSA) is 24.1 Å². The molecule has 0 radical (unpaired) electrons. The summed E-state index contributed by atoms with van der Waals surface area (Å²) in [5.74, 6) is 0. The van der Waals surface area contributed by atoms with Crippen molar-refractivity contribution in [2.75, 3.05) is 10.6 Å². The van der Waals surface area contributed by atoms with Crippen molar-refractivity contribution < 1.29 is 0 Å². The average Bonchev–Trinajstić information content (AvgIpc) is 2.56. The number of hydrogen-bond acceptors (Lipinski definition) is 2. The summed E-state index contributed by atoms with van der Waals surface area (Å²) in [4.78, 5) is 0. The van der Waals surface area contributed by atoms with E-state index in [2.05, 4.69) is 99.0 Å². The third kappa shape index (κ3) is 3.60. The van der Waals surface area contributed by atoms with E-state index in [4.69, 9.17) is 0 Å². The minimum atomic E-state index is 1.08. The molecule has 24 heavy (non-hydrogen) atoms. The standard InChI is InChI=1S/C22H24N2/c1-15-9-11-17(3)21(13-15)23-19-7-5-6-8-20(19)24-22-14-16(2)10-12-18(22)4/h5-14,23-24H,1-4H3. The predicted molar refractivity (Wildman–Crippen MR) is 105 cm³/mol. The second-order valence-corrected chi connectivity index (χ2v) is 6.43. The van der Waals surface area contributed by atoms with Gasteiger partial charge >= 0.3 is 0 Å². The van der Waals surface area contributed by atoms with Crippen molar-refractivity contribution in [1.29, 1.82) is 0 Å². The molecule has 0 aromatic heterocycles. The minimum absolute atomic E-state index is 1.08. The van der Waals surface area contributed by atoms with E-state index in [-0.39, 0.29) is 0 Å². The minimum Gasteiger partial charge on any atom is -0.354 e. The van der Waals surface area contributed by atoms with E-state index in [9.17, 15) is 0 Å². The number of hydrogen-bond donors (Lipinski definition) is 2. The SMILES string of the molecule is Cc1ccc(C)c(Nc2ccccc2Nc2cc(C)ccc2C)c1. The Labute approximate surface area is 144 Å². The van der Waals surface area contributed by atoms with Gasteiger partial charge in [0.1, 0.15) is 0 Å². The molecule has 2 nitrogen and oxygen atoms in total. The van der Waals surface area contributed by atoms with Crippen LogP contribution < -0.4 is 10.6 Å². The fourth-order valence-electron chi connectivity index (χ4n) is 2.73. The Bertz CT molecular complexity index is 793. The Morgan fingerprint density at radius 2 is 0.917 bits per heavy atom. The summed E-state index contributed by atoms with van der Waals surface area (Å²) in [7, 11) is 0. The van der Waals surface area contributed by atoms with Gasteiger partial charge in [0.2, 0.25) is 0 Å². The van der Waals surface area contributed by atoms with E-state index in [1.165, 1.54) is 22.3 Å². The molecular weight excluding hydrogens is 292 g/mol. The van der Waals surface area contributed by atoms with Gasteiger partial charge in [0, 0.05) is 11.4 Å². The maximum absolute atomic E-state index is 3.57. The molecule has 0 amide bonds. The molecule has 122 valence electrons. The van der Waals surface area contributed by atoms with Gasteiger partial charge in [-0.05, 0) is 74.2 Å². The number of rotatable bonds is 4. The normalized spacial score (nSPS) is 10.5. The number of nitrogens with one attached hydrogen (secondary N) is 2. The number of benzene rings is 3. The number of para-hydroxylation sites is 2. The predicted octanol–water partition coefficient (Wildman–Crippen LogP) is 6.41. The number of aryl methyl sites for hydroxylation is 4. The monoisotopic (exact) mass is 316 g/mol. The summed E-state index contributed by atoms with van der Waals surface area (Å²) in [5, 5.41) is 7.15. The first-order valence-corrected chi connectivity index (χ1v) is 8.30. The quantitative estimate of drug-likeness (QED) is 0.581. The van der Waals surface area contributed by atoms with Crippen LogP contribution in [0.4, 0.5) is 22.7 Å². The van der Waals surface area contributed by atoms with Crippen LogP contribution in [0.1, 0.15) is 22.3 Å². The van der Waals surface area contributed by atoms with Gasteiger partial charge in [-0.1, -0.05) is 36.4 Å². The highest BCUT2D eigenvalue weighted by atomic mass is 15.0. The summed E-state index contributed by atoms with van der Waals surface area (Å²) in [6, 6.07) is 21.3. The number of anilines is 4. The van der Waals surface area contributed by atoms with Crippen LogP contribution >= 0.6 is 0 Å². The van der Waals surface area contributed by atoms with E-state index >= 15 is 0 Å². The largest absolute Gasteiger partial charge is 0.354 e. The molecule has 2 heteroatoms. The van der Waals surface area contributed by atoms with Gasteiger partial charge in [0.05, 0.1) is 11.4 Å². The fraction of sp³-hybridized carbons (Fsp3) is 0.182. The molecule has 3 aromatic carbocycles. The first-order chi connectivity index (χ1) is 11.5. The second kappa shape index (κ2) is 6.79. The molecule has 0 aliphatic carbocycles. The van der Waals surface area contributed by atoms with Gasteiger partial charge in [-0.25, -0.2) is 0 Å². The van der Waals surface area contributed by atoms with Gasteiger partial charge in [-0.15, -0.1) is 0 Å². The lowest BCUT2D eigenvalue weighted by Crippen LogP contribution is -2.00. The van der Waals surface area contributed by atoms with E-state index in [1.807, 2.05) is 0 Å². The maximum atomic E-state index is 3.57. The Morgan fingerprint density at radius 1 is 0.500 bits per heavy atom. The molecule has 0 heterocycles. The van der Waals surface area contributed by atoms with Gasteiger partial charge in [0.25, 0.3) is 0 Å². The zero-order chi connectivity index (χ0) is 17.1. The average molecular weight is 316 g/mol. The van der Waals surface area contributed by atoms with Crippen molar-refractivity contribution in [2.45, 2.75) is 27.7 Å². The van der Waals surface area contributed by atoms with Crippen LogP contribution in [0.25, 0.3) is 0 Å². The molecule has 0 saturated carbocycles. The van der Waals surface area contributed by atoms with E-state index in [0.29, 0.717) is 0 Å². The van der Waals surface area contributed by atoms with Crippen molar-refractivity contribution >= 4 is 22.7 Å². The second-order valence-electron chi connectivity index (χ2n) is 6.43. The third-order valence-corrected chi connectivity index (χ3v) is 4.25. The summed E-state index contributed by atoms with van der Waals surface area (Å²) in [6.45, 7) is 8.49. The van der Waals surface area contributed by atoms with Gasteiger partial charge in [0.15, 0.2) is 0 Å². The summed E-state index contributed by atoms with van der Waals surface area (Å²) in [6.07, 6.45) is 0. The van der Waals surface area contributed by atoms with Crippen molar-refractivity contribution in [1.82, 2.24) is 0 Å². The Hall–Kier alpha value is -2.74. The molecule has 0 unspecified atom stereocenters. The summed E-state index contributed by atoms with van der Waals surface area (Å²) in [5.41, 5.74) is 9.42. The van der Waals surface area contributed by atoms with Crippen LogP contribution in [0, 0.1) is 27.7 Å². The Kier molecular flexibility index (Phi) is 4.57. The molecule has 0 aliphatic heterocycles. The lowest BCUT2D eigenvalue weighted by Gasteiger charge is -2.17. The molecule has 0 saturated heterocycles. The van der Waals surface area contributed by atoms with Crippen molar-refractivity contribution in [3.8, 4) is 0 Å². The van der Waals surface area contributed by atoms with E-state index < -0.39 is 0 Å². The highest BCUT2D eigenvalue weighted by Crippen LogP contribution is 2.31. The van der Waals surface area contributed by atoms with Crippen LogP contribution in [-0.4, -0.2) is 0 Å². The highest BCUT2D eigenvalue weighted by molar-refractivity contribution is 5.80. The van der Waals surface area contributed by atoms with Gasteiger partial charge in [-0.2, -0.15) is 0 Å². The van der Waals surface area contributed by atoms with Crippen molar-refractivity contribution in [3.63, 3.8) is 0 Å². The smallest absolute Gasteiger partial charge is 0.0623 e. The zero-order valence-corrected chi connectivity index (χ0v) is 14.8. The lowest BCUT2D eigenvalue weighted by molar-refractivity contribution is 1.36. The van der Waals surface area contributed by atoms with Crippen LogP contribution in [0.5, 0.6) is 0 Å². The molecule has 0 spiro atoms. The summed E-state index contributed by atoms with van der Waals surface area (Å²) < 4.78 is 0. The molecule has 3 rings (SSSR count). The molecule has 0 atom stereocenters. The maximum Gasteiger partial charge on any atom is 0.0623 e. The van der Waals surface area contributed by atoms with Crippen LogP contribution in [0.3, 0.4) is 0 Å². The molecular formula is C22H24N2. The van der Waals surface area contributed by atoms with Crippen LogP contribution in [0.15, 0.2) is 60.7 Å².